The van der Waals surface area contributed by atoms with Gasteiger partial charge < -0.3 is 10.6 Å². The van der Waals surface area contributed by atoms with Crippen molar-refractivity contribution >= 4 is 33.4 Å². The topological polar surface area (TPSA) is 49.8 Å². The number of aromatic nitrogens is 2. The van der Waals surface area contributed by atoms with Gasteiger partial charge >= 0.3 is 6.18 Å². The highest BCUT2D eigenvalue weighted by atomic mass is 79.9. The van der Waals surface area contributed by atoms with E-state index in [9.17, 15) is 17.6 Å². The van der Waals surface area contributed by atoms with Crippen LogP contribution in [0.1, 0.15) is 19.5 Å². The second-order valence-corrected chi connectivity index (χ2v) is 5.87. The van der Waals surface area contributed by atoms with Crippen molar-refractivity contribution in [2.75, 3.05) is 10.6 Å². The van der Waals surface area contributed by atoms with Gasteiger partial charge in [0.15, 0.2) is 5.69 Å². The minimum absolute atomic E-state index is 0.0859. The first-order chi connectivity index (χ1) is 10.6. The van der Waals surface area contributed by atoms with E-state index in [-0.39, 0.29) is 28.0 Å². The first-order valence-electron chi connectivity index (χ1n) is 6.60. The summed E-state index contributed by atoms with van der Waals surface area (Å²) < 4.78 is 52.5. The van der Waals surface area contributed by atoms with E-state index in [2.05, 4.69) is 36.5 Å². The lowest BCUT2D eigenvalue weighted by molar-refractivity contribution is -0.141. The molecule has 0 unspecified atom stereocenters. The Morgan fingerprint density at radius 1 is 1.13 bits per heavy atom. The van der Waals surface area contributed by atoms with Gasteiger partial charge in [0.25, 0.3) is 0 Å². The van der Waals surface area contributed by atoms with Gasteiger partial charge in [0.05, 0.1) is 4.47 Å². The molecule has 0 bridgehead atoms. The maximum absolute atomic E-state index is 13.5. The summed E-state index contributed by atoms with van der Waals surface area (Å²) >= 11 is 3.00. The van der Waals surface area contributed by atoms with E-state index in [1.54, 1.807) is 13.8 Å². The van der Waals surface area contributed by atoms with Crippen LogP contribution in [0.15, 0.2) is 28.7 Å². The van der Waals surface area contributed by atoms with Crippen LogP contribution in [0.25, 0.3) is 0 Å². The molecule has 0 fully saturated rings. The van der Waals surface area contributed by atoms with Crippen LogP contribution in [0.3, 0.4) is 0 Å². The average Bonchev–Trinajstić information content (AvgIpc) is 2.41. The number of nitrogens with zero attached hydrogens (tertiary/aromatic N) is 2. The van der Waals surface area contributed by atoms with Crippen LogP contribution in [0.2, 0.25) is 0 Å². The van der Waals surface area contributed by atoms with E-state index in [1.165, 1.54) is 12.1 Å². The summed E-state index contributed by atoms with van der Waals surface area (Å²) in [7, 11) is 0. The summed E-state index contributed by atoms with van der Waals surface area (Å²) in [4.78, 5) is 7.42. The molecule has 23 heavy (non-hydrogen) atoms. The molecule has 1 aromatic heterocycles. The molecule has 0 spiro atoms. The Morgan fingerprint density at radius 3 is 2.39 bits per heavy atom. The molecule has 2 aromatic rings. The standard InChI is InChI=1S/C14H13BrF4N4/c1-7(2)20-13-22-11(14(17,18)19)6-12(23-13)21-8-3-4-9(15)10(16)5-8/h3-7H,1-2H3,(H2,20,21,22,23). The SMILES string of the molecule is CC(C)Nc1nc(Nc2ccc(Br)c(F)c2)cc(C(F)(F)F)n1. The molecule has 4 nitrogen and oxygen atoms in total. The highest BCUT2D eigenvalue weighted by molar-refractivity contribution is 9.10. The van der Waals surface area contributed by atoms with Gasteiger partial charge in [0, 0.05) is 17.8 Å². The van der Waals surface area contributed by atoms with Gasteiger partial charge in [-0.25, -0.2) is 9.37 Å². The van der Waals surface area contributed by atoms with Gasteiger partial charge in [0.2, 0.25) is 5.95 Å². The smallest absolute Gasteiger partial charge is 0.352 e. The van der Waals surface area contributed by atoms with Crippen molar-refractivity contribution in [2.24, 2.45) is 0 Å². The number of hydrogen-bond acceptors (Lipinski definition) is 4. The Kier molecular flexibility index (Phi) is 5.08. The fourth-order valence-corrected chi connectivity index (χ4v) is 1.95. The fraction of sp³-hybridized carbons (Fsp3) is 0.286. The van der Waals surface area contributed by atoms with Crippen LogP contribution in [0.5, 0.6) is 0 Å². The normalized spacial score (nSPS) is 11.7. The van der Waals surface area contributed by atoms with Gasteiger partial charge in [-0.1, -0.05) is 0 Å². The van der Waals surface area contributed by atoms with Gasteiger partial charge in [-0.05, 0) is 48.0 Å². The largest absolute Gasteiger partial charge is 0.433 e. The third-order valence-corrected chi connectivity index (χ3v) is 3.27. The van der Waals surface area contributed by atoms with Crippen molar-refractivity contribution in [3.8, 4) is 0 Å². The van der Waals surface area contributed by atoms with Crippen LogP contribution < -0.4 is 10.6 Å². The zero-order chi connectivity index (χ0) is 17.2. The molecule has 2 rings (SSSR count). The summed E-state index contributed by atoms with van der Waals surface area (Å²) in [6.07, 6.45) is -4.61. The summed E-state index contributed by atoms with van der Waals surface area (Å²) in [5.41, 5.74) is -0.816. The zero-order valence-corrected chi connectivity index (χ0v) is 13.8. The first-order valence-corrected chi connectivity index (χ1v) is 7.39. The third kappa shape index (κ3) is 4.78. The minimum Gasteiger partial charge on any atom is -0.352 e. The van der Waals surface area contributed by atoms with E-state index in [0.717, 1.165) is 12.1 Å². The van der Waals surface area contributed by atoms with Crippen LogP contribution >= 0.6 is 15.9 Å². The van der Waals surface area contributed by atoms with Crippen molar-refractivity contribution < 1.29 is 17.6 Å². The number of anilines is 3. The Morgan fingerprint density at radius 2 is 1.83 bits per heavy atom. The van der Waals surface area contributed by atoms with E-state index in [4.69, 9.17) is 0 Å². The molecular formula is C14H13BrF4N4. The second kappa shape index (κ2) is 6.69. The molecule has 0 aliphatic rings. The predicted octanol–water partition coefficient (Wildman–Crippen LogP) is 4.96. The second-order valence-electron chi connectivity index (χ2n) is 5.01. The summed E-state index contributed by atoms with van der Waals surface area (Å²) in [6.45, 7) is 3.50. The summed E-state index contributed by atoms with van der Waals surface area (Å²) in [6, 6.07) is 4.73. The lowest BCUT2D eigenvalue weighted by atomic mass is 10.3. The Hall–Kier alpha value is -1.90. The number of nitrogens with one attached hydrogen (secondary N) is 2. The molecule has 0 radical (unpaired) electrons. The highest BCUT2D eigenvalue weighted by Gasteiger charge is 2.33. The van der Waals surface area contributed by atoms with Crippen molar-refractivity contribution in [2.45, 2.75) is 26.1 Å². The van der Waals surface area contributed by atoms with Crippen molar-refractivity contribution in [1.82, 2.24) is 9.97 Å². The van der Waals surface area contributed by atoms with Crippen molar-refractivity contribution in [1.29, 1.82) is 0 Å². The maximum atomic E-state index is 13.5. The molecule has 0 aliphatic carbocycles. The van der Waals surface area contributed by atoms with Crippen LogP contribution in [-0.2, 0) is 6.18 Å². The molecule has 2 N–H and O–H groups in total. The van der Waals surface area contributed by atoms with Crippen molar-refractivity contribution in [3.05, 3.63) is 40.2 Å². The molecule has 0 aliphatic heterocycles. The highest BCUT2D eigenvalue weighted by Crippen LogP contribution is 2.31. The lowest BCUT2D eigenvalue weighted by Crippen LogP contribution is -2.17. The molecule has 124 valence electrons. The van der Waals surface area contributed by atoms with Gasteiger partial charge in [0.1, 0.15) is 11.6 Å². The number of benzene rings is 1. The zero-order valence-electron chi connectivity index (χ0n) is 12.2. The van der Waals surface area contributed by atoms with E-state index in [0.29, 0.717) is 0 Å². The molecule has 1 heterocycles. The van der Waals surface area contributed by atoms with E-state index in [1.807, 2.05) is 0 Å². The third-order valence-electron chi connectivity index (χ3n) is 2.63. The first kappa shape index (κ1) is 17.5. The van der Waals surface area contributed by atoms with Gasteiger partial charge in [-0.2, -0.15) is 18.2 Å². The van der Waals surface area contributed by atoms with Gasteiger partial charge in [-0.15, -0.1) is 0 Å². The number of rotatable bonds is 4. The Balaban J connectivity index is 2.37. The van der Waals surface area contributed by atoms with Crippen LogP contribution in [-0.4, -0.2) is 16.0 Å². The summed E-state index contributed by atoms with van der Waals surface area (Å²) in [5.74, 6) is -0.785. The average molecular weight is 393 g/mol. The van der Waals surface area contributed by atoms with Crippen molar-refractivity contribution in [3.63, 3.8) is 0 Å². The Labute approximate surface area is 138 Å². The molecule has 0 amide bonds. The quantitative estimate of drug-likeness (QED) is 0.721. The molecule has 0 saturated heterocycles. The molecule has 9 heteroatoms. The number of halogens is 5. The molecular weight excluding hydrogens is 380 g/mol. The lowest BCUT2D eigenvalue weighted by Gasteiger charge is -2.14. The Bertz CT molecular complexity index is 704. The molecule has 0 saturated carbocycles. The maximum Gasteiger partial charge on any atom is 0.433 e. The molecule has 0 atom stereocenters. The van der Waals surface area contributed by atoms with E-state index >= 15 is 0 Å². The predicted molar refractivity (Wildman–Crippen MR) is 83.2 cm³/mol. The summed E-state index contributed by atoms with van der Waals surface area (Å²) in [5, 5.41) is 5.37. The minimum atomic E-state index is -4.61. The monoisotopic (exact) mass is 392 g/mol. The number of alkyl halides is 3. The molecule has 1 aromatic carbocycles. The number of hydrogen-bond donors (Lipinski definition) is 2. The van der Waals surface area contributed by atoms with Crippen LogP contribution in [0, 0.1) is 5.82 Å². The fourth-order valence-electron chi connectivity index (χ4n) is 1.70. The van der Waals surface area contributed by atoms with E-state index < -0.39 is 17.7 Å². The van der Waals surface area contributed by atoms with Crippen LogP contribution in [0.4, 0.5) is 35.0 Å². The van der Waals surface area contributed by atoms with Gasteiger partial charge in [-0.3, -0.25) is 0 Å².